The Bertz CT molecular complexity index is 854. The Morgan fingerprint density at radius 3 is 2.48 bits per heavy atom. The van der Waals surface area contributed by atoms with E-state index in [9.17, 15) is 18.0 Å². The van der Waals surface area contributed by atoms with E-state index < -0.39 is 11.9 Å². The summed E-state index contributed by atoms with van der Waals surface area (Å²) in [7, 11) is 0. The van der Waals surface area contributed by atoms with Crippen LogP contribution >= 0.6 is 0 Å². The van der Waals surface area contributed by atoms with Gasteiger partial charge in [0.1, 0.15) is 12.0 Å². The van der Waals surface area contributed by atoms with Gasteiger partial charge in [-0.15, -0.1) is 0 Å². The summed E-state index contributed by atoms with van der Waals surface area (Å²) < 4.78 is 37.9. The predicted molar refractivity (Wildman–Crippen MR) is 81.9 cm³/mol. The van der Waals surface area contributed by atoms with E-state index in [1.54, 1.807) is 0 Å². The number of hydrogen-bond donors (Lipinski definition) is 0. The summed E-state index contributed by atoms with van der Waals surface area (Å²) in [5.41, 5.74) is 1.24. The SMILES string of the molecule is O=CCc1cc(-c2ccc(C(F)(F)F)nc2)c2ccccc2c1. The molecular formula is C18H12F3NO. The Morgan fingerprint density at radius 2 is 1.83 bits per heavy atom. The molecule has 0 amide bonds. The molecule has 3 aromatic rings. The number of alkyl halides is 3. The third kappa shape index (κ3) is 3.08. The third-order valence-electron chi connectivity index (χ3n) is 3.61. The number of carbonyl (C=O) groups excluding carboxylic acids is 1. The van der Waals surface area contributed by atoms with Crippen LogP contribution in [0.25, 0.3) is 21.9 Å². The van der Waals surface area contributed by atoms with Crippen LogP contribution in [0.2, 0.25) is 0 Å². The van der Waals surface area contributed by atoms with Gasteiger partial charge >= 0.3 is 6.18 Å². The van der Waals surface area contributed by atoms with E-state index in [0.717, 1.165) is 34.3 Å². The highest BCUT2D eigenvalue weighted by Crippen LogP contribution is 2.32. The van der Waals surface area contributed by atoms with Crippen molar-refractivity contribution in [2.45, 2.75) is 12.6 Å². The number of hydrogen-bond acceptors (Lipinski definition) is 2. The molecule has 0 bridgehead atoms. The van der Waals surface area contributed by atoms with Crippen molar-refractivity contribution in [1.29, 1.82) is 0 Å². The molecule has 23 heavy (non-hydrogen) atoms. The molecule has 1 aromatic heterocycles. The second-order valence-corrected chi connectivity index (χ2v) is 5.17. The van der Waals surface area contributed by atoms with Crippen molar-refractivity contribution in [2.24, 2.45) is 0 Å². The van der Waals surface area contributed by atoms with Crippen LogP contribution in [0, 0.1) is 0 Å². The van der Waals surface area contributed by atoms with Crippen LogP contribution in [-0.4, -0.2) is 11.3 Å². The molecule has 0 N–H and O–H groups in total. The molecule has 0 saturated heterocycles. The first-order valence-electron chi connectivity index (χ1n) is 6.98. The van der Waals surface area contributed by atoms with Crippen molar-refractivity contribution in [2.75, 3.05) is 0 Å². The maximum absolute atomic E-state index is 12.6. The first-order valence-corrected chi connectivity index (χ1v) is 6.98. The van der Waals surface area contributed by atoms with Crippen molar-refractivity contribution < 1.29 is 18.0 Å². The number of pyridine rings is 1. The molecule has 2 aromatic carbocycles. The Balaban J connectivity index is 2.16. The molecule has 0 fully saturated rings. The van der Waals surface area contributed by atoms with Gasteiger partial charge in [-0.05, 0) is 28.0 Å². The number of nitrogens with zero attached hydrogens (tertiary/aromatic N) is 1. The van der Waals surface area contributed by atoms with Crippen molar-refractivity contribution in [3.8, 4) is 11.1 Å². The van der Waals surface area contributed by atoms with E-state index >= 15 is 0 Å². The molecule has 0 saturated carbocycles. The first-order chi connectivity index (χ1) is 11.0. The minimum atomic E-state index is -4.46. The van der Waals surface area contributed by atoms with Crippen LogP contribution in [0.3, 0.4) is 0 Å². The van der Waals surface area contributed by atoms with E-state index in [2.05, 4.69) is 4.98 Å². The van der Waals surface area contributed by atoms with Gasteiger partial charge in [0.05, 0.1) is 0 Å². The number of benzene rings is 2. The van der Waals surface area contributed by atoms with Crippen LogP contribution in [0.1, 0.15) is 11.3 Å². The van der Waals surface area contributed by atoms with Gasteiger partial charge < -0.3 is 4.79 Å². The molecule has 0 atom stereocenters. The van der Waals surface area contributed by atoms with E-state index in [4.69, 9.17) is 0 Å². The van der Waals surface area contributed by atoms with E-state index in [-0.39, 0.29) is 6.42 Å². The highest BCUT2D eigenvalue weighted by atomic mass is 19.4. The van der Waals surface area contributed by atoms with Gasteiger partial charge in [0.15, 0.2) is 0 Å². The van der Waals surface area contributed by atoms with Crippen molar-refractivity contribution in [3.05, 3.63) is 66.0 Å². The Morgan fingerprint density at radius 1 is 1.04 bits per heavy atom. The van der Waals surface area contributed by atoms with Crippen molar-refractivity contribution in [3.63, 3.8) is 0 Å². The molecule has 3 rings (SSSR count). The Kier molecular flexibility index (Phi) is 3.86. The van der Waals surface area contributed by atoms with Crippen LogP contribution in [0.15, 0.2) is 54.7 Å². The molecule has 0 aliphatic rings. The average molecular weight is 315 g/mol. The van der Waals surface area contributed by atoms with Gasteiger partial charge in [0.2, 0.25) is 0 Å². The molecule has 0 unspecified atom stereocenters. The molecule has 0 spiro atoms. The zero-order valence-corrected chi connectivity index (χ0v) is 12.0. The van der Waals surface area contributed by atoms with Gasteiger partial charge in [-0.3, -0.25) is 4.98 Å². The maximum Gasteiger partial charge on any atom is 0.433 e. The van der Waals surface area contributed by atoms with E-state index in [1.807, 2.05) is 36.4 Å². The monoisotopic (exact) mass is 315 g/mol. The molecular weight excluding hydrogens is 303 g/mol. The number of fused-ring (bicyclic) bond motifs is 1. The number of halogens is 3. The molecule has 0 aliphatic heterocycles. The summed E-state index contributed by atoms with van der Waals surface area (Å²) in [6, 6.07) is 13.6. The first kappa shape index (κ1) is 15.2. The molecule has 0 aliphatic carbocycles. The third-order valence-corrected chi connectivity index (χ3v) is 3.61. The normalized spacial score (nSPS) is 11.6. The summed E-state index contributed by atoms with van der Waals surface area (Å²) in [5.74, 6) is 0. The molecule has 1 heterocycles. The van der Waals surface area contributed by atoms with Gasteiger partial charge in [-0.2, -0.15) is 13.2 Å². The fourth-order valence-corrected chi connectivity index (χ4v) is 2.55. The molecule has 116 valence electrons. The van der Waals surface area contributed by atoms with E-state index in [1.165, 1.54) is 12.3 Å². The van der Waals surface area contributed by atoms with Crippen LogP contribution in [0.5, 0.6) is 0 Å². The second-order valence-electron chi connectivity index (χ2n) is 5.17. The van der Waals surface area contributed by atoms with Crippen molar-refractivity contribution in [1.82, 2.24) is 4.98 Å². The average Bonchev–Trinajstić information content (AvgIpc) is 2.54. The highest BCUT2D eigenvalue weighted by Gasteiger charge is 2.32. The fraction of sp³-hybridized carbons (Fsp3) is 0.111. The smallest absolute Gasteiger partial charge is 0.303 e. The topological polar surface area (TPSA) is 30.0 Å². The Hall–Kier alpha value is -2.69. The summed E-state index contributed by atoms with van der Waals surface area (Å²) in [5, 5.41) is 1.84. The predicted octanol–water partition coefficient (Wildman–Crippen LogP) is 4.66. The summed E-state index contributed by atoms with van der Waals surface area (Å²) in [4.78, 5) is 14.3. The highest BCUT2D eigenvalue weighted by molar-refractivity contribution is 5.97. The van der Waals surface area contributed by atoms with E-state index in [0.29, 0.717) is 5.56 Å². The lowest BCUT2D eigenvalue weighted by Crippen LogP contribution is -2.07. The standard InChI is InChI=1S/C18H12F3NO/c19-18(20,21)17-6-5-14(11-22-17)16-10-12(7-8-23)9-13-3-1-2-4-15(13)16/h1-6,8-11H,7H2. The fourth-order valence-electron chi connectivity index (χ4n) is 2.55. The lowest BCUT2D eigenvalue weighted by Gasteiger charge is -2.11. The Labute approximate surface area is 130 Å². The number of aromatic nitrogens is 1. The zero-order valence-electron chi connectivity index (χ0n) is 12.0. The quantitative estimate of drug-likeness (QED) is 0.658. The van der Waals surface area contributed by atoms with Crippen molar-refractivity contribution >= 4 is 17.1 Å². The number of carbonyl (C=O) groups is 1. The lowest BCUT2D eigenvalue weighted by atomic mass is 9.95. The summed E-state index contributed by atoms with van der Waals surface area (Å²) >= 11 is 0. The van der Waals surface area contributed by atoms with Gasteiger partial charge in [0, 0.05) is 18.2 Å². The molecule has 5 heteroatoms. The lowest BCUT2D eigenvalue weighted by molar-refractivity contribution is -0.141. The van der Waals surface area contributed by atoms with Gasteiger partial charge in [-0.1, -0.05) is 42.5 Å². The van der Waals surface area contributed by atoms with Gasteiger partial charge in [-0.25, -0.2) is 0 Å². The largest absolute Gasteiger partial charge is 0.433 e. The molecule has 0 radical (unpaired) electrons. The van der Waals surface area contributed by atoms with Gasteiger partial charge in [0.25, 0.3) is 0 Å². The molecule has 2 nitrogen and oxygen atoms in total. The minimum absolute atomic E-state index is 0.256. The van der Waals surface area contributed by atoms with Crippen LogP contribution in [0.4, 0.5) is 13.2 Å². The number of aldehydes is 1. The van der Waals surface area contributed by atoms with Crippen LogP contribution < -0.4 is 0 Å². The summed E-state index contributed by atoms with van der Waals surface area (Å²) in [6.07, 6.45) is -2.18. The zero-order chi connectivity index (χ0) is 16.4. The van der Waals surface area contributed by atoms with Crippen LogP contribution in [-0.2, 0) is 17.4 Å². The maximum atomic E-state index is 12.6. The summed E-state index contributed by atoms with van der Waals surface area (Å²) in [6.45, 7) is 0. The second kappa shape index (κ2) is 5.83. The minimum Gasteiger partial charge on any atom is -0.303 e. The number of rotatable bonds is 3.